The minimum atomic E-state index is -4.18. The molecule has 1 heterocycles. The summed E-state index contributed by atoms with van der Waals surface area (Å²) in [6, 6.07) is 0. The van der Waals surface area contributed by atoms with Crippen molar-refractivity contribution in [3.63, 3.8) is 0 Å². The van der Waals surface area contributed by atoms with Gasteiger partial charge in [-0.3, -0.25) is 0 Å². The Labute approximate surface area is 99.1 Å². The number of ether oxygens (including phenoxy) is 1. The van der Waals surface area contributed by atoms with Crippen molar-refractivity contribution in [1.29, 1.82) is 0 Å². The predicted octanol–water partition coefficient (Wildman–Crippen LogP) is 2.90. The fourth-order valence-electron chi connectivity index (χ4n) is 3.10. The van der Waals surface area contributed by atoms with E-state index in [0.717, 1.165) is 12.8 Å². The lowest BCUT2D eigenvalue weighted by atomic mass is 9.69. The summed E-state index contributed by atoms with van der Waals surface area (Å²) < 4.78 is 43.4. The lowest BCUT2D eigenvalue weighted by Gasteiger charge is -2.44. The highest BCUT2D eigenvalue weighted by molar-refractivity contribution is 4.94. The molecule has 0 aromatic heterocycles. The quantitative estimate of drug-likeness (QED) is 0.777. The SMILES string of the molecule is OC1(C2CCCOC2)CCCC(C(F)(F)F)C1. The Morgan fingerprint density at radius 1 is 1.18 bits per heavy atom. The van der Waals surface area contributed by atoms with Crippen molar-refractivity contribution in [3.05, 3.63) is 0 Å². The van der Waals surface area contributed by atoms with Crippen LogP contribution < -0.4 is 0 Å². The van der Waals surface area contributed by atoms with Crippen LogP contribution in [-0.4, -0.2) is 30.1 Å². The topological polar surface area (TPSA) is 29.5 Å². The van der Waals surface area contributed by atoms with Crippen molar-refractivity contribution in [2.24, 2.45) is 11.8 Å². The zero-order valence-corrected chi connectivity index (χ0v) is 9.80. The van der Waals surface area contributed by atoms with E-state index in [-0.39, 0.29) is 18.8 Å². The molecule has 0 aromatic rings. The second kappa shape index (κ2) is 4.76. The molecule has 3 atom stereocenters. The monoisotopic (exact) mass is 252 g/mol. The van der Waals surface area contributed by atoms with Crippen LogP contribution in [0.5, 0.6) is 0 Å². The van der Waals surface area contributed by atoms with Gasteiger partial charge in [-0.15, -0.1) is 0 Å². The standard InChI is InChI=1S/C12H19F3O2/c13-12(14,15)9-3-1-5-11(16,7-9)10-4-2-6-17-8-10/h9-10,16H,1-8H2. The summed E-state index contributed by atoms with van der Waals surface area (Å²) in [6.07, 6.45) is -1.62. The molecule has 0 aromatic carbocycles. The summed E-state index contributed by atoms with van der Waals surface area (Å²) in [7, 11) is 0. The van der Waals surface area contributed by atoms with Gasteiger partial charge in [0.15, 0.2) is 0 Å². The summed E-state index contributed by atoms with van der Waals surface area (Å²) in [5.74, 6) is -1.47. The first-order valence-electron chi connectivity index (χ1n) is 6.29. The normalized spacial score (nSPS) is 40.2. The van der Waals surface area contributed by atoms with Crippen LogP contribution >= 0.6 is 0 Å². The molecule has 2 rings (SSSR count). The maximum Gasteiger partial charge on any atom is 0.391 e. The van der Waals surface area contributed by atoms with Crippen LogP contribution in [0.4, 0.5) is 13.2 Å². The van der Waals surface area contributed by atoms with Crippen molar-refractivity contribution >= 4 is 0 Å². The second-order valence-electron chi connectivity index (χ2n) is 5.35. The third-order valence-corrected chi connectivity index (χ3v) is 4.15. The zero-order valence-electron chi connectivity index (χ0n) is 9.80. The zero-order chi connectivity index (χ0) is 12.5. The predicted molar refractivity (Wildman–Crippen MR) is 56.5 cm³/mol. The fraction of sp³-hybridized carbons (Fsp3) is 1.00. The Bertz CT molecular complexity index is 261. The molecule has 1 N–H and O–H groups in total. The van der Waals surface area contributed by atoms with Crippen LogP contribution in [0.3, 0.4) is 0 Å². The van der Waals surface area contributed by atoms with Gasteiger partial charge >= 0.3 is 6.18 Å². The first kappa shape index (κ1) is 13.1. The van der Waals surface area contributed by atoms with Crippen LogP contribution in [0.1, 0.15) is 38.5 Å². The molecule has 1 saturated heterocycles. The summed E-state index contributed by atoms with van der Waals surface area (Å²) in [5.41, 5.74) is -1.17. The van der Waals surface area contributed by atoms with Crippen molar-refractivity contribution in [2.45, 2.75) is 50.3 Å². The number of hydrogen-bond donors (Lipinski definition) is 1. The van der Waals surface area contributed by atoms with Crippen LogP contribution in [0.25, 0.3) is 0 Å². The highest BCUT2D eigenvalue weighted by Crippen LogP contribution is 2.46. The van der Waals surface area contributed by atoms with E-state index in [1.165, 1.54) is 0 Å². The van der Waals surface area contributed by atoms with Crippen molar-refractivity contribution in [2.75, 3.05) is 13.2 Å². The van der Waals surface area contributed by atoms with Crippen molar-refractivity contribution in [1.82, 2.24) is 0 Å². The molecule has 0 radical (unpaired) electrons. The number of rotatable bonds is 1. The van der Waals surface area contributed by atoms with Gasteiger partial charge in [0.05, 0.1) is 18.1 Å². The van der Waals surface area contributed by atoms with E-state index >= 15 is 0 Å². The molecule has 3 unspecified atom stereocenters. The Morgan fingerprint density at radius 3 is 2.53 bits per heavy atom. The minimum Gasteiger partial charge on any atom is -0.389 e. The molecule has 1 aliphatic carbocycles. The first-order chi connectivity index (χ1) is 7.92. The van der Waals surface area contributed by atoms with Gasteiger partial charge in [-0.2, -0.15) is 13.2 Å². The third-order valence-electron chi connectivity index (χ3n) is 4.15. The molecule has 2 aliphatic rings. The highest BCUT2D eigenvalue weighted by atomic mass is 19.4. The molecule has 0 spiro atoms. The molecular formula is C12H19F3O2. The molecule has 5 heteroatoms. The maximum absolute atomic E-state index is 12.7. The molecule has 1 saturated carbocycles. The molecule has 17 heavy (non-hydrogen) atoms. The molecule has 100 valence electrons. The summed E-state index contributed by atoms with van der Waals surface area (Å²) >= 11 is 0. The van der Waals surface area contributed by atoms with Gasteiger partial charge in [0.25, 0.3) is 0 Å². The van der Waals surface area contributed by atoms with E-state index in [9.17, 15) is 18.3 Å². The number of alkyl halides is 3. The van der Waals surface area contributed by atoms with E-state index in [2.05, 4.69) is 0 Å². The van der Waals surface area contributed by atoms with E-state index in [4.69, 9.17) is 4.74 Å². The average Bonchev–Trinajstić information content (AvgIpc) is 2.29. The van der Waals surface area contributed by atoms with Crippen molar-refractivity contribution in [3.8, 4) is 0 Å². The summed E-state index contributed by atoms with van der Waals surface area (Å²) in [5, 5.41) is 10.4. The van der Waals surface area contributed by atoms with Crippen LogP contribution in [0.15, 0.2) is 0 Å². The molecule has 2 fully saturated rings. The Balaban J connectivity index is 2.03. The van der Waals surface area contributed by atoms with E-state index < -0.39 is 17.7 Å². The van der Waals surface area contributed by atoms with Crippen LogP contribution in [-0.2, 0) is 4.74 Å². The van der Waals surface area contributed by atoms with Gasteiger partial charge in [0.1, 0.15) is 0 Å². The lowest BCUT2D eigenvalue weighted by Crippen LogP contribution is -2.48. The lowest BCUT2D eigenvalue weighted by molar-refractivity contribution is -0.211. The largest absolute Gasteiger partial charge is 0.391 e. The second-order valence-corrected chi connectivity index (χ2v) is 5.35. The van der Waals surface area contributed by atoms with Gasteiger partial charge < -0.3 is 9.84 Å². The van der Waals surface area contributed by atoms with Crippen LogP contribution in [0, 0.1) is 11.8 Å². The molecule has 1 aliphatic heterocycles. The maximum atomic E-state index is 12.7. The van der Waals surface area contributed by atoms with Crippen molar-refractivity contribution < 1.29 is 23.0 Å². The molecule has 0 bridgehead atoms. The van der Waals surface area contributed by atoms with Crippen LogP contribution in [0.2, 0.25) is 0 Å². The number of aliphatic hydroxyl groups is 1. The number of halogens is 3. The smallest absolute Gasteiger partial charge is 0.389 e. The fourth-order valence-corrected chi connectivity index (χ4v) is 3.10. The molecule has 2 nitrogen and oxygen atoms in total. The summed E-state index contributed by atoms with van der Waals surface area (Å²) in [6.45, 7) is 1.07. The van der Waals surface area contributed by atoms with E-state index in [1.807, 2.05) is 0 Å². The average molecular weight is 252 g/mol. The van der Waals surface area contributed by atoms with E-state index in [1.54, 1.807) is 0 Å². The Hall–Kier alpha value is -0.290. The first-order valence-corrected chi connectivity index (χ1v) is 6.29. The van der Waals surface area contributed by atoms with E-state index in [0.29, 0.717) is 26.1 Å². The van der Waals surface area contributed by atoms with Gasteiger partial charge in [-0.1, -0.05) is 0 Å². The minimum absolute atomic E-state index is 0.124. The van der Waals surface area contributed by atoms with Gasteiger partial charge in [0, 0.05) is 12.5 Å². The van der Waals surface area contributed by atoms with Gasteiger partial charge in [-0.05, 0) is 38.5 Å². The Morgan fingerprint density at radius 2 is 1.94 bits per heavy atom. The van der Waals surface area contributed by atoms with Gasteiger partial charge in [0.2, 0.25) is 0 Å². The number of hydrogen-bond acceptors (Lipinski definition) is 2. The summed E-state index contributed by atoms with van der Waals surface area (Å²) in [4.78, 5) is 0. The Kier molecular flexibility index (Phi) is 3.69. The molecule has 0 amide bonds. The van der Waals surface area contributed by atoms with Gasteiger partial charge in [-0.25, -0.2) is 0 Å². The molecular weight excluding hydrogens is 233 g/mol. The highest BCUT2D eigenvalue weighted by Gasteiger charge is 2.49. The third kappa shape index (κ3) is 2.94.